The van der Waals surface area contributed by atoms with Crippen LogP contribution in [0.25, 0.3) is 11.1 Å². The van der Waals surface area contributed by atoms with Crippen LogP contribution >= 0.6 is 0 Å². The maximum absolute atomic E-state index is 13.2. The third-order valence-electron chi connectivity index (χ3n) is 6.23. The van der Waals surface area contributed by atoms with Crippen LogP contribution in [-0.4, -0.2) is 24.6 Å². The highest BCUT2D eigenvalue weighted by Crippen LogP contribution is 2.35. The second kappa shape index (κ2) is 9.09. The van der Waals surface area contributed by atoms with E-state index in [2.05, 4.69) is 10.6 Å². The molecular formula is C27H25F3N2O3. The van der Waals surface area contributed by atoms with E-state index in [9.17, 15) is 22.8 Å². The van der Waals surface area contributed by atoms with Crippen molar-refractivity contribution in [2.75, 3.05) is 12.4 Å². The largest absolute Gasteiger partial charge is 0.453 e. The summed E-state index contributed by atoms with van der Waals surface area (Å²) in [5.74, 6) is -0.364. The Morgan fingerprint density at radius 2 is 1.66 bits per heavy atom. The zero-order valence-corrected chi connectivity index (χ0v) is 19.5. The zero-order chi connectivity index (χ0) is 25.4. The lowest BCUT2D eigenvalue weighted by Crippen LogP contribution is -2.46. The number of anilines is 1. The fourth-order valence-corrected chi connectivity index (χ4v) is 4.59. The third kappa shape index (κ3) is 5.16. The van der Waals surface area contributed by atoms with Gasteiger partial charge < -0.3 is 15.4 Å². The number of alkyl carbamates (subject to hydrolysis) is 1. The van der Waals surface area contributed by atoms with Crippen LogP contribution in [0.5, 0.6) is 0 Å². The molecule has 0 aromatic heterocycles. The fourth-order valence-electron chi connectivity index (χ4n) is 4.59. The van der Waals surface area contributed by atoms with E-state index in [-0.39, 0.29) is 5.91 Å². The van der Waals surface area contributed by atoms with Crippen LogP contribution in [-0.2, 0) is 23.8 Å². The molecule has 0 radical (unpaired) electrons. The summed E-state index contributed by atoms with van der Waals surface area (Å²) >= 11 is 0. The van der Waals surface area contributed by atoms with E-state index in [0.29, 0.717) is 35.2 Å². The molecule has 182 valence electrons. The van der Waals surface area contributed by atoms with Gasteiger partial charge in [-0.25, -0.2) is 4.79 Å². The van der Waals surface area contributed by atoms with Gasteiger partial charge in [-0.3, -0.25) is 4.79 Å². The van der Waals surface area contributed by atoms with Gasteiger partial charge in [-0.05, 0) is 84.8 Å². The first kappa shape index (κ1) is 24.3. The van der Waals surface area contributed by atoms with Crippen LogP contribution < -0.4 is 10.6 Å². The second-order valence-corrected chi connectivity index (χ2v) is 9.04. The Morgan fingerprint density at radius 3 is 2.31 bits per heavy atom. The van der Waals surface area contributed by atoms with Crippen LogP contribution in [0.3, 0.4) is 0 Å². The maximum Gasteiger partial charge on any atom is 0.416 e. The number of halogens is 3. The number of alkyl halides is 3. The summed E-state index contributed by atoms with van der Waals surface area (Å²) < 4.78 is 43.7. The van der Waals surface area contributed by atoms with Gasteiger partial charge in [-0.2, -0.15) is 13.2 Å². The van der Waals surface area contributed by atoms with Crippen LogP contribution in [0.1, 0.15) is 39.5 Å². The Kier molecular flexibility index (Phi) is 6.32. The second-order valence-electron chi connectivity index (χ2n) is 9.04. The molecule has 1 aliphatic rings. The van der Waals surface area contributed by atoms with E-state index in [4.69, 9.17) is 4.74 Å². The molecule has 0 bridgehead atoms. The Labute approximate surface area is 201 Å². The number of nitrogens with one attached hydrogen (secondary N) is 2. The summed E-state index contributed by atoms with van der Waals surface area (Å²) in [5.41, 5.74) is 3.69. The van der Waals surface area contributed by atoms with E-state index >= 15 is 0 Å². The molecule has 0 spiro atoms. The number of carbonyl (C=O) groups excluding carboxylic acids is 2. The maximum atomic E-state index is 13.2. The van der Waals surface area contributed by atoms with Crippen LogP contribution in [0.4, 0.5) is 23.7 Å². The highest BCUT2D eigenvalue weighted by molar-refractivity contribution is 6.09. The molecule has 1 aliphatic carbocycles. The van der Waals surface area contributed by atoms with Gasteiger partial charge in [-0.15, -0.1) is 0 Å². The lowest BCUT2D eigenvalue weighted by atomic mass is 9.93. The van der Waals surface area contributed by atoms with E-state index in [1.165, 1.54) is 19.2 Å². The highest BCUT2D eigenvalue weighted by Gasteiger charge is 2.35. The Morgan fingerprint density at radius 1 is 0.971 bits per heavy atom. The molecule has 0 saturated heterocycles. The van der Waals surface area contributed by atoms with Crippen molar-refractivity contribution in [1.29, 1.82) is 0 Å². The molecule has 0 saturated carbocycles. The topological polar surface area (TPSA) is 67.4 Å². The van der Waals surface area contributed by atoms with Gasteiger partial charge in [0.05, 0.1) is 12.7 Å². The fraction of sp³-hybridized carbons (Fsp3) is 0.259. The summed E-state index contributed by atoms with van der Waals surface area (Å²) in [4.78, 5) is 24.9. The van der Waals surface area contributed by atoms with Crippen molar-refractivity contribution in [2.24, 2.45) is 0 Å². The van der Waals surface area contributed by atoms with Crippen molar-refractivity contribution in [3.05, 3.63) is 88.5 Å². The van der Waals surface area contributed by atoms with Crippen molar-refractivity contribution in [2.45, 2.75) is 38.4 Å². The Hall–Kier alpha value is -3.81. The van der Waals surface area contributed by atoms with E-state index in [1.807, 2.05) is 32.0 Å². The molecular weight excluding hydrogens is 457 g/mol. The van der Waals surface area contributed by atoms with Gasteiger partial charge in [0.1, 0.15) is 0 Å². The summed E-state index contributed by atoms with van der Waals surface area (Å²) in [6, 6.07) is 15.6. The number of carbonyl (C=O) groups is 2. The lowest BCUT2D eigenvalue weighted by Gasteiger charge is -2.24. The molecule has 35 heavy (non-hydrogen) atoms. The number of ether oxygens (including phenoxy) is 1. The van der Waals surface area contributed by atoms with Crippen molar-refractivity contribution >= 4 is 17.7 Å². The van der Waals surface area contributed by atoms with Crippen molar-refractivity contribution in [3.63, 3.8) is 0 Å². The lowest BCUT2D eigenvalue weighted by molar-refractivity contribution is -0.137. The van der Waals surface area contributed by atoms with Crippen molar-refractivity contribution in [1.82, 2.24) is 5.32 Å². The molecule has 3 aromatic carbocycles. The molecule has 0 fully saturated rings. The molecule has 0 aliphatic heterocycles. The molecule has 3 aromatic rings. The average molecular weight is 483 g/mol. The van der Waals surface area contributed by atoms with E-state index < -0.39 is 23.4 Å². The molecule has 5 nitrogen and oxygen atoms in total. The summed E-state index contributed by atoms with van der Waals surface area (Å²) in [6.45, 7) is 3.75. The summed E-state index contributed by atoms with van der Waals surface area (Å²) in [7, 11) is 1.32. The van der Waals surface area contributed by atoms with Gasteiger partial charge >= 0.3 is 12.3 Å². The summed E-state index contributed by atoms with van der Waals surface area (Å²) in [6.07, 6.45) is -3.70. The highest BCUT2D eigenvalue weighted by atomic mass is 19.4. The standard InChI is InChI=1S/C27H25F3N2O3/c1-16-5-4-6-22(23(16)17-7-10-20(11-8-17)27(28,29)30)24(33)31-21-12-9-18-14-26(2,15-19(18)13-21)32-25(34)35-3/h4-13H,14-15H2,1-3H3,(H,31,33)(H,32,34)/t26-/m1/s1. The Bertz CT molecular complexity index is 1290. The molecule has 1 atom stereocenters. The number of rotatable bonds is 4. The number of hydrogen-bond donors (Lipinski definition) is 2. The normalized spacial score (nSPS) is 17.0. The molecule has 2 N–H and O–H groups in total. The third-order valence-corrected chi connectivity index (χ3v) is 6.23. The predicted octanol–water partition coefficient (Wildman–Crippen LogP) is 6.15. The molecule has 0 unspecified atom stereocenters. The van der Waals surface area contributed by atoms with E-state index in [0.717, 1.165) is 28.8 Å². The quantitative estimate of drug-likeness (QED) is 0.469. The first-order valence-corrected chi connectivity index (χ1v) is 11.1. The number of amides is 2. The number of fused-ring (bicyclic) bond motifs is 1. The molecule has 4 rings (SSSR count). The number of aryl methyl sites for hydroxylation is 1. The zero-order valence-electron chi connectivity index (χ0n) is 19.5. The minimum atomic E-state index is -4.43. The van der Waals surface area contributed by atoms with E-state index in [1.54, 1.807) is 18.2 Å². The molecule has 8 heteroatoms. The van der Waals surface area contributed by atoms with Crippen LogP contribution in [0.15, 0.2) is 60.7 Å². The van der Waals surface area contributed by atoms with Crippen LogP contribution in [0, 0.1) is 6.92 Å². The van der Waals surface area contributed by atoms with Gasteiger partial charge in [0.15, 0.2) is 0 Å². The number of hydrogen-bond acceptors (Lipinski definition) is 3. The monoisotopic (exact) mass is 482 g/mol. The SMILES string of the molecule is COC(=O)N[C@]1(C)Cc2ccc(NC(=O)c3cccc(C)c3-c3ccc(C(F)(F)F)cc3)cc2C1. The van der Waals surface area contributed by atoms with Crippen molar-refractivity contribution < 1.29 is 27.5 Å². The first-order valence-electron chi connectivity index (χ1n) is 11.1. The smallest absolute Gasteiger partial charge is 0.416 e. The number of methoxy groups -OCH3 is 1. The number of benzene rings is 3. The van der Waals surface area contributed by atoms with Crippen LogP contribution in [0.2, 0.25) is 0 Å². The average Bonchev–Trinajstić information content (AvgIpc) is 3.13. The summed E-state index contributed by atoms with van der Waals surface area (Å²) in [5, 5.41) is 5.77. The minimum Gasteiger partial charge on any atom is -0.453 e. The van der Waals surface area contributed by atoms with Crippen molar-refractivity contribution in [3.8, 4) is 11.1 Å². The predicted molar refractivity (Wildman–Crippen MR) is 127 cm³/mol. The molecule has 2 amide bonds. The first-order chi connectivity index (χ1) is 16.5. The Balaban J connectivity index is 1.58. The van der Waals surface area contributed by atoms with Gasteiger partial charge in [0.25, 0.3) is 5.91 Å². The van der Waals surface area contributed by atoms with Gasteiger partial charge in [-0.1, -0.05) is 30.3 Å². The molecule has 0 heterocycles. The van der Waals surface area contributed by atoms with Gasteiger partial charge in [0, 0.05) is 16.8 Å². The minimum absolute atomic E-state index is 0.363. The van der Waals surface area contributed by atoms with Gasteiger partial charge in [0.2, 0.25) is 0 Å².